The number of nitrogens with one attached hydrogen (secondary N) is 4. The smallest absolute Gasteiger partial charge is 0.323 e. The van der Waals surface area contributed by atoms with Crippen LogP contribution in [0.2, 0.25) is 0 Å². The molecule has 134 valence electrons. The van der Waals surface area contributed by atoms with Gasteiger partial charge in [0.1, 0.15) is 0 Å². The fraction of sp³-hybridized carbons (Fsp3) is 0.316. The highest BCUT2D eigenvalue weighted by atomic mass is 16.1. The van der Waals surface area contributed by atoms with Crippen LogP contribution in [0.4, 0.5) is 0 Å². The molecule has 0 radical (unpaired) electrons. The number of aromatic nitrogens is 3. The van der Waals surface area contributed by atoms with Crippen molar-refractivity contribution in [3.8, 4) is 0 Å². The maximum absolute atomic E-state index is 12.4. The fourth-order valence-electron chi connectivity index (χ4n) is 3.42. The Hall–Kier alpha value is -2.93. The van der Waals surface area contributed by atoms with E-state index in [1.54, 1.807) is 6.20 Å². The number of carbonyl (C=O) groups excluding carboxylic acids is 1. The van der Waals surface area contributed by atoms with Crippen LogP contribution in [0.3, 0.4) is 0 Å². The molecular weight excluding hydrogens is 330 g/mol. The van der Waals surface area contributed by atoms with Gasteiger partial charge in [0.05, 0.1) is 16.6 Å². The van der Waals surface area contributed by atoms with Crippen LogP contribution in [0.1, 0.15) is 27.9 Å². The quantitative estimate of drug-likeness (QED) is 0.557. The second-order valence-corrected chi connectivity index (χ2v) is 6.79. The van der Waals surface area contributed by atoms with Crippen LogP contribution in [-0.2, 0) is 13.0 Å². The Kier molecular flexibility index (Phi) is 4.53. The van der Waals surface area contributed by atoms with Crippen molar-refractivity contribution in [3.05, 3.63) is 63.8 Å². The van der Waals surface area contributed by atoms with Crippen molar-refractivity contribution in [2.45, 2.75) is 19.4 Å². The van der Waals surface area contributed by atoms with Gasteiger partial charge in [0.25, 0.3) is 5.91 Å². The molecule has 3 aromatic rings. The van der Waals surface area contributed by atoms with Gasteiger partial charge in [0.15, 0.2) is 0 Å². The zero-order valence-electron chi connectivity index (χ0n) is 14.3. The highest BCUT2D eigenvalue weighted by molar-refractivity contribution is 5.94. The first-order chi connectivity index (χ1) is 12.7. The molecule has 0 saturated carbocycles. The molecule has 1 unspecified atom stereocenters. The number of carbonyl (C=O) groups is 1. The first-order valence-corrected chi connectivity index (χ1v) is 8.81. The Morgan fingerprint density at radius 1 is 1.15 bits per heavy atom. The highest BCUT2D eigenvalue weighted by Gasteiger charge is 2.16. The van der Waals surface area contributed by atoms with Gasteiger partial charge in [-0.05, 0) is 61.2 Å². The van der Waals surface area contributed by atoms with E-state index in [1.807, 2.05) is 30.5 Å². The average Bonchev–Trinajstić information content (AvgIpc) is 3.27. The number of aromatic amines is 2. The fourth-order valence-corrected chi connectivity index (χ4v) is 3.42. The third kappa shape index (κ3) is 3.67. The van der Waals surface area contributed by atoms with Crippen LogP contribution >= 0.6 is 0 Å². The lowest BCUT2D eigenvalue weighted by Gasteiger charge is -2.10. The van der Waals surface area contributed by atoms with Crippen LogP contribution in [0.25, 0.3) is 11.0 Å². The van der Waals surface area contributed by atoms with E-state index < -0.39 is 0 Å². The normalized spacial score (nSPS) is 16.8. The minimum absolute atomic E-state index is 0.147. The van der Waals surface area contributed by atoms with Crippen molar-refractivity contribution >= 4 is 16.9 Å². The lowest BCUT2D eigenvalue weighted by molar-refractivity contribution is 0.0950. The van der Waals surface area contributed by atoms with Crippen molar-refractivity contribution in [2.24, 2.45) is 5.92 Å². The molecule has 1 aromatic carbocycles. The minimum Gasteiger partial charge on any atom is -0.348 e. The van der Waals surface area contributed by atoms with Gasteiger partial charge >= 0.3 is 5.69 Å². The van der Waals surface area contributed by atoms with Crippen molar-refractivity contribution in [1.29, 1.82) is 0 Å². The van der Waals surface area contributed by atoms with Crippen LogP contribution in [0, 0.1) is 5.92 Å². The zero-order valence-corrected chi connectivity index (χ0v) is 14.3. The molecule has 0 spiro atoms. The van der Waals surface area contributed by atoms with Crippen LogP contribution in [0.5, 0.6) is 0 Å². The molecule has 7 nitrogen and oxygen atoms in total. The minimum atomic E-state index is -0.235. The molecule has 3 heterocycles. The van der Waals surface area contributed by atoms with E-state index >= 15 is 0 Å². The summed E-state index contributed by atoms with van der Waals surface area (Å²) in [6.07, 6.45) is 5.54. The lowest BCUT2D eigenvalue weighted by Crippen LogP contribution is -2.23. The van der Waals surface area contributed by atoms with Gasteiger partial charge in [-0.15, -0.1) is 0 Å². The molecule has 7 heteroatoms. The molecule has 4 rings (SSSR count). The topological polar surface area (TPSA) is 103 Å². The van der Waals surface area contributed by atoms with Gasteiger partial charge in [-0.3, -0.25) is 9.78 Å². The predicted molar refractivity (Wildman–Crippen MR) is 99.0 cm³/mol. The number of amides is 1. The van der Waals surface area contributed by atoms with E-state index in [2.05, 4.69) is 25.6 Å². The summed E-state index contributed by atoms with van der Waals surface area (Å²) in [4.78, 5) is 33.4. The molecule has 1 fully saturated rings. The molecule has 0 bridgehead atoms. The van der Waals surface area contributed by atoms with E-state index in [4.69, 9.17) is 0 Å². The van der Waals surface area contributed by atoms with E-state index in [9.17, 15) is 9.59 Å². The Morgan fingerprint density at radius 3 is 2.88 bits per heavy atom. The number of pyridine rings is 1. The molecule has 1 atom stereocenters. The molecular formula is C19H21N5O2. The number of hydrogen-bond donors (Lipinski definition) is 4. The third-order valence-corrected chi connectivity index (χ3v) is 4.78. The van der Waals surface area contributed by atoms with E-state index in [-0.39, 0.29) is 11.6 Å². The number of hydrogen-bond acceptors (Lipinski definition) is 4. The number of H-pyrrole nitrogens is 2. The van der Waals surface area contributed by atoms with Gasteiger partial charge in [-0.25, -0.2) is 4.79 Å². The number of nitrogens with zero attached hydrogens (tertiary/aromatic N) is 1. The number of imidazole rings is 1. The number of rotatable bonds is 5. The second kappa shape index (κ2) is 7.13. The molecule has 2 aromatic heterocycles. The van der Waals surface area contributed by atoms with Crippen LogP contribution < -0.4 is 16.3 Å². The first-order valence-electron chi connectivity index (χ1n) is 8.81. The predicted octanol–water partition coefficient (Wildman–Crippen LogP) is 1.33. The van der Waals surface area contributed by atoms with Crippen molar-refractivity contribution < 1.29 is 4.79 Å². The number of fused-ring (bicyclic) bond motifs is 1. The van der Waals surface area contributed by atoms with Gasteiger partial charge in [-0.2, -0.15) is 0 Å². The van der Waals surface area contributed by atoms with Gasteiger partial charge in [-0.1, -0.05) is 6.07 Å². The standard InChI is InChI=1S/C19H21N5O2/c25-18(15-6-14(9-21-11-15)5-13-3-4-20-8-13)22-10-12-1-2-16-17(7-12)24-19(26)23-16/h1-2,6-7,9,11,13,20H,3-5,8,10H2,(H,22,25)(H2,23,24,26). The monoisotopic (exact) mass is 351 g/mol. The zero-order chi connectivity index (χ0) is 17.9. The van der Waals surface area contributed by atoms with Crippen molar-refractivity contribution in [2.75, 3.05) is 13.1 Å². The summed E-state index contributed by atoms with van der Waals surface area (Å²) in [5.41, 5.74) is 3.84. The summed E-state index contributed by atoms with van der Waals surface area (Å²) in [6.45, 7) is 2.48. The summed E-state index contributed by atoms with van der Waals surface area (Å²) in [5, 5.41) is 6.27. The Balaban J connectivity index is 1.41. The third-order valence-electron chi connectivity index (χ3n) is 4.78. The van der Waals surface area contributed by atoms with Crippen LogP contribution in [-0.4, -0.2) is 33.9 Å². The summed E-state index contributed by atoms with van der Waals surface area (Å²) in [6, 6.07) is 7.49. The summed E-state index contributed by atoms with van der Waals surface area (Å²) in [7, 11) is 0. The van der Waals surface area contributed by atoms with Crippen molar-refractivity contribution in [1.82, 2.24) is 25.6 Å². The highest BCUT2D eigenvalue weighted by Crippen LogP contribution is 2.15. The Bertz CT molecular complexity index is 985. The van der Waals surface area contributed by atoms with E-state index in [0.29, 0.717) is 18.0 Å². The summed E-state index contributed by atoms with van der Waals surface area (Å²) >= 11 is 0. The van der Waals surface area contributed by atoms with Crippen molar-refractivity contribution in [3.63, 3.8) is 0 Å². The lowest BCUT2D eigenvalue weighted by atomic mass is 9.99. The molecule has 0 aliphatic carbocycles. The SMILES string of the molecule is O=C(NCc1ccc2[nH]c(=O)[nH]c2c1)c1cncc(CC2CCNC2)c1. The molecule has 1 amide bonds. The average molecular weight is 351 g/mol. The Morgan fingerprint density at radius 2 is 2.04 bits per heavy atom. The largest absolute Gasteiger partial charge is 0.348 e. The second-order valence-electron chi connectivity index (χ2n) is 6.79. The van der Waals surface area contributed by atoms with Gasteiger partial charge in [0, 0.05) is 18.9 Å². The maximum atomic E-state index is 12.4. The van der Waals surface area contributed by atoms with Gasteiger partial charge < -0.3 is 20.6 Å². The first kappa shape index (κ1) is 16.5. The molecule has 1 aliphatic heterocycles. The molecule has 1 saturated heterocycles. The number of benzene rings is 1. The summed E-state index contributed by atoms with van der Waals surface area (Å²) < 4.78 is 0. The molecule has 26 heavy (non-hydrogen) atoms. The van der Waals surface area contributed by atoms with Crippen LogP contribution in [0.15, 0.2) is 41.5 Å². The maximum Gasteiger partial charge on any atom is 0.323 e. The van der Waals surface area contributed by atoms with E-state index in [0.717, 1.165) is 41.7 Å². The van der Waals surface area contributed by atoms with Gasteiger partial charge in [0.2, 0.25) is 0 Å². The molecule has 1 aliphatic rings. The molecule has 4 N–H and O–H groups in total. The Labute approximate surface area is 150 Å². The van der Waals surface area contributed by atoms with E-state index in [1.165, 1.54) is 6.42 Å². The summed E-state index contributed by atoms with van der Waals surface area (Å²) in [5.74, 6) is 0.469.